The van der Waals surface area contributed by atoms with Gasteiger partial charge < -0.3 is 14.2 Å². The maximum atomic E-state index is 12.6. The van der Waals surface area contributed by atoms with Gasteiger partial charge in [0.2, 0.25) is 0 Å². The van der Waals surface area contributed by atoms with Crippen molar-refractivity contribution in [3.63, 3.8) is 0 Å². The van der Waals surface area contributed by atoms with Crippen LogP contribution in [0.4, 0.5) is 0 Å². The Labute approximate surface area is 123 Å². The molecule has 0 radical (unpaired) electrons. The summed E-state index contributed by atoms with van der Waals surface area (Å²) in [5, 5.41) is 0. The lowest BCUT2D eigenvalue weighted by atomic mass is 9.85. The maximum absolute atomic E-state index is 12.6. The highest BCUT2D eigenvalue weighted by molar-refractivity contribution is 6.06. The number of cyclic esters (lactones) is 1. The molecule has 5 nitrogen and oxygen atoms in total. The maximum Gasteiger partial charge on any atom is 0.338 e. The van der Waals surface area contributed by atoms with E-state index >= 15 is 0 Å². The Morgan fingerprint density at radius 3 is 2.71 bits per heavy atom. The second kappa shape index (κ2) is 4.48. The number of carbonyl (C=O) groups excluding carboxylic acids is 2. The fraction of sp³-hybridized carbons (Fsp3) is 0.500. The van der Waals surface area contributed by atoms with Crippen molar-refractivity contribution in [2.45, 2.75) is 45.3 Å². The quantitative estimate of drug-likeness (QED) is 0.744. The number of hydrogen-bond donors (Lipinski definition) is 0. The number of methoxy groups -OCH3 is 1. The molecular formula is C16H18O5. The first kappa shape index (κ1) is 13.9. The van der Waals surface area contributed by atoms with Crippen LogP contribution in [-0.4, -0.2) is 30.6 Å². The van der Waals surface area contributed by atoms with E-state index in [2.05, 4.69) is 0 Å². The van der Waals surface area contributed by atoms with E-state index in [0.717, 1.165) is 5.56 Å². The number of hydrogen-bond acceptors (Lipinski definition) is 5. The highest BCUT2D eigenvalue weighted by Crippen LogP contribution is 2.44. The van der Waals surface area contributed by atoms with Crippen LogP contribution in [-0.2, 0) is 11.2 Å². The Kier molecular flexibility index (Phi) is 2.97. The Hall–Kier alpha value is -2.04. The molecule has 0 saturated heterocycles. The van der Waals surface area contributed by atoms with E-state index in [4.69, 9.17) is 14.2 Å². The molecular weight excluding hydrogens is 272 g/mol. The summed E-state index contributed by atoms with van der Waals surface area (Å²) in [4.78, 5) is 24.6. The second-order valence-corrected chi connectivity index (χ2v) is 6.19. The van der Waals surface area contributed by atoms with Crippen molar-refractivity contribution in [3.05, 3.63) is 22.8 Å². The van der Waals surface area contributed by atoms with Gasteiger partial charge in [-0.1, -0.05) is 0 Å². The van der Waals surface area contributed by atoms with Gasteiger partial charge in [0.05, 0.1) is 24.7 Å². The average Bonchev–Trinajstić information content (AvgIpc) is 2.35. The molecule has 1 aromatic rings. The van der Waals surface area contributed by atoms with E-state index < -0.39 is 11.6 Å². The molecule has 112 valence electrons. The molecule has 2 aliphatic heterocycles. The molecule has 0 amide bonds. The van der Waals surface area contributed by atoms with E-state index in [1.807, 2.05) is 20.8 Å². The molecule has 0 fully saturated rings. The van der Waals surface area contributed by atoms with Crippen molar-refractivity contribution >= 4 is 11.8 Å². The molecule has 0 aromatic heterocycles. The van der Waals surface area contributed by atoms with E-state index in [1.165, 1.54) is 7.11 Å². The van der Waals surface area contributed by atoms with Gasteiger partial charge in [-0.25, -0.2) is 4.79 Å². The van der Waals surface area contributed by atoms with Gasteiger partial charge in [-0.05, 0) is 32.4 Å². The molecule has 0 N–H and O–H groups in total. The summed E-state index contributed by atoms with van der Waals surface area (Å²) < 4.78 is 16.5. The monoisotopic (exact) mass is 290 g/mol. The zero-order valence-electron chi connectivity index (χ0n) is 12.6. The molecule has 1 aromatic carbocycles. The molecule has 0 spiro atoms. The zero-order valence-corrected chi connectivity index (χ0v) is 12.6. The van der Waals surface area contributed by atoms with Crippen molar-refractivity contribution in [1.29, 1.82) is 0 Å². The van der Waals surface area contributed by atoms with Crippen LogP contribution < -0.4 is 9.47 Å². The standard InChI is InChI=1S/C16H18O5/c1-8-5-9-10(15(18)20-8)6-12(19-4)14-13(9)11(17)7-16(2,3)21-14/h6,8H,5,7H2,1-4H3/t8-/m1/s1. The fourth-order valence-corrected chi connectivity index (χ4v) is 2.98. The van der Waals surface area contributed by atoms with E-state index in [9.17, 15) is 9.59 Å². The summed E-state index contributed by atoms with van der Waals surface area (Å²) in [5.41, 5.74) is 1.02. The molecule has 0 bridgehead atoms. The normalized spacial score (nSPS) is 22.8. The lowest BCUT2D eigenvalue weighted by molar-refractivity contribution is 0.0296. The molecule has 5 heteroatoms. The Morgan fingerprint density at radius 2 is 2.05 bits per heavy atom. The highest BCUT2D eigenvalue weighted by atomic mass is 16.5. The number of Topliss-reactive ketones (excluding diaryl/α,β-unsaturated/α-hetero) is 1. The molecule has 3 rings (SSSR count). The van der Waals surface area contributed by atoms with Crippen molar-refractivity contribution < 1.29 is 23.8 Å². The van der Waals surface area contributed by atoms with Crippen LogP contribution in [0, 0.1) is 0 Å². The van der Waals surface area contributed by atoms with E-state index in [1.54, 1.807) is 6.07 Å². The van der Waals surface area contributed by atoms with Crippen LogP contribution in [0.15, 0.2) is 6.07 Å². The van der Waals surface area contributed by atoms with Crippen molar-refractivity contribution in [2.75, 3.05) is 7.11 Å². The Morgan fingerprint density at radius 1 is 1.33 bits per heavy atom. The minimum atomic E-state index is -0.577. The van der Waals surface area contributed by atoms with Crippen LogP contribution in [0.5, 0.6) is 11.5 Å². The Balaban J connectivity index is 2.27. The smallest absolute Gasteiger partial charge is 0.338 e. The number of ketones is 1. The predicted octanol–water partition coefficient (Wildman–Crippen LogP) is 2.54. The third kappa shape index (κ3) is 2.17. The van der Waals surface area contributed by atoms with E-state index in [0.29, 0.717) is 29.0 Å². The molecule has 1 atom stereocenters. The first-order valence-electron chi connectivity index (χ1n) is 6.99. The minimum absolute atomic E-state index is 0.0155. The largest absolute Gasteiger partial charge is 0.493 e. The van der Waals surface area contributed by atoms with Crippen LogP contribution >= 0.6 is 0 Å². The molecule has 0 saturated carbocycles. The van der Waals surface area contributed by atoms with Gasteiger partial charge in [-0.15, -0.1) is 0 Å². The molecule has 2 heterocycles. The SMILES string of the molecule is COc1cc2c(c3c1OC(C)(C)CC3=O)C[C@@H](C)OC2=O. The summed E-state index contributed by atoms with van der Waals surface area (Å²) in [5.74, 6) is 0.413. The fourth-order valence-electron chi connectivity index (χ4n) is 2.98. The number of fused-ring (bicyclic) bond motifs is 3. The summed E-state index contributed by atoms with van der Waals surface area (Å²) in [6.07, 6.45) is 0.552. The Bertz CT molecular complexity index is 645. The predicted molar refractivity (Wildman–Crippen MR) is 75.2 cm³/mol. The number of esters is 1. The summed E-state index contributed by atoms with van der Waals surface area (Å²) in [6.45, 7) is 5.54. The minimum Gasteiger partial charge on any atom is -0.493 e. The number of carbonyl (C=O) groups is 2. The third-order valence-electron chi connectivity index (χ3n) is 3.84. The van der Waals surface area contributed by atoms with Gasteiger partial charge in [-0.3, -0.25) is 4.79 Å². The van der Waals surface area contributed by atoms with Crippen LogP contribution in [0.25, 0.3) is 0 Å². The molecule has 0 aliphatic carbocycles. The zero-order chi connectivity index (χ0) is 15.4. The van der Waals surface area contributed by atoms with Gasteiger partial charge in [-0.2, -0.15) is 0 Å². The summed E-state index contributed by atoms with van der Waals surface area (Å²) in [6, 6.07) is 1.61. The number of rotatable bonds is 1. The number of ether oxygens (including phenoxy) is 3. The summed E-state index contributed by atoms with van der Waals surface area (Å²) in [7, 11) is 1.49. The lowest BCUT2D eigenvalue weighted by Crippen LogP contribution is -2.38. The highest BCUT2D eigenvalue weighted by Gasteiger charge is 2.40. The van der Waals surface area contributed by atoms with Gasteiger partial charge in [0.25, 0.3) is 0 Å². The number of benzene rings is 1. The van der Waals surface area contributed by atoms with Crippen molar-refractivity contribution in [2.24, 2.45) is 0 Å². The first-order chi connectivity index (χ1) is 9.82. The lowest BCUT2D eigenvalue weighted by Gasteiger charge is -2.35. The summed E-state index contributed by atoms with van der Waals surface area (Å²) >= 11 is 0. The van der Waals surface area contributed by atoms with Crippen LogP contribution in [0.1, 0.15) is 53.5 Å². The van der Waals surface area contributed by atoms with Crippen molar-refractivity contribution in [1.82, 2.24) is 0 Å². The van der Waals surface area contributed by atoms with Gasteiger partial charge >= 0.3 is 5.97 Å². The molecule has 0 unspecified atom stereocenters. The van der Waals surface area contributed by atoms with Crippen molar-refractivity contribution in [3.8, 4) is 11.5 Å². The van der Waals surface area contributed by atoms with Gasteiger partial charge in [0.1, 0.15) is 11.7 Å². The topological polar surface area (TPSA) is 61.8 Å². The second-order valence-electron chi connectivity index (χ2n) is 6.19. The van der Waals surface area contributed by atoms with Crippen LogP contribution in [0.2, 0.25) is 0 Å². The third-order valence-corrected chi connectivity index (χ3v) is 3.84. The van der Waals surface area contributed by atoms with Crippen LogP contribution in [0.3, 0.4) is 0 Å². The van der Waals surface area contributed by atoms with Gasteiger partial charge in [0, 0.05) is 6.42 Å². The van der Waals surface area contributed by atoms with Gasteiger partial charge in [0.15, 0.2) is 17.3 Å². The first-order valence-corrected chi connectivity index (χ1v) is 6.99. The molecule has 21 heavy (non-hydrogen) atoms. The average molecular weight is 290 g/mol. The molecule has 2 aliphatic rings. The van der Waals surface area contributed by atoms with E-state index in [-0.39, 0.29) is 18.3 Å².